The second kappa shape index (κ2) is 11.1. The summed E-state index contributed by atoms with van der Waals surface area (Å²) in [5, 5.41) is 27.5. The number of amidine groups is 1. The van der Waals surface area contributed by atoms with Crippen molar-refractivity contribution in [1.29, 1.82) is 10.8 Å². The van der Waals surface area contributed by atoms with Crippen molar-refractivity contribution >= 4 is 23.1 Å². The summed E-state index contributed by atoms with van der Waals surface area (Å²) in [6.07, 6.45) is 1.19. The fourth-order valence-corrected chi connectivity index (χ4v) is 5.61. The van der Waals surface area contributed by atoms with Crippen LogP contribution in [-0.2, 0) is 10.9 Å². The van der Waals surface area contributed by atoms with E-state index >= 15 is 0 Å². The summed E-state index contributed by atoms with van der Waals surface area (Å²) in [6, 6.07) is 8.33. The number of alkyl halides is 3. The summed E-state index contributed by atoms with van der Waals surface area (Å²) in [5.41, 5.74) is 1.78. The van der Waals surface area contributed by atoms with Crippen molar-refractivity contribution in [2.24, 2.45) is 5.92 Å². The minimum atomic E-state index is -4.61. The minimum Gasteiger partial charge on any atom is -0.381 e. The Bertz CT molecular complexity index is 1340. The molecule has 0 bridgehead atoms. The van der Waals surface area contributed by atoms with Crippen molar-refractivity contribution in [3.63, 3.8) is 0 Å². The first-order valence-corrected chi connectivity index (χ1v) is 13.4. The molecule has 8 nitrogen and oxygen atoms in total. The number of halogens is 3. The van der Waals surface area contributed by atoms with Gasteiger partial charge in [0.15, 0.2) is 0 Å². The van der Waals surface area contributed by atoms with Crippen LogP contribution in [0.4, 0.5) is 13.2 Å². The van der Waals surface area contributed by atoms with E-state index in [1.165, 1.54) is 4.90 Å². The quantitative estimate of drug-likeness (QED) is 0.210. The van der Waals surface area contributed by atoms with Gasteiger partial charge in [0.25, 0.3) is 0 Å². The highest BCUT2D eigenvalue weighted by molar-refractivity contribution is 5.96. The van der Waals surface area contributed by atoms with E-state index in [0.717, 1.165) is 50.1 Å². The third kappa shape index (κ3) is 5.56. The predicted octanol–water partition coefficient (Wildman–Crippen LogP) is 5.87. The number of fused-ring (bicyclic) bond motifs is 1. The molecule has 3 heterocycles. The fraction of sp³-hybridized carbons (Fsp3) is 0.500. The third-order valence-corrected chi connectivity index (χ3v) is 8.00. The second-order valence-corrected chi connectivity index (χ2v) is 10.6. The number of aromatic nitrogens is 3. The standard InChI is InChI=1S/C28H34F3N7O/c1-16(34-20-9-11-39-12-10-20)24-26-21(14-22(35-24)28(29,30)31)25(36-37-26)19-8-4-7-18(13-19)23(17-5-3-6-17)27(33)38(2)15-32/h4,7-8,13-17,20,23,32-34H,3,5-6,9-12H2,1-2H3,(H,36,37)/t16-,23-/m1/s1. The number of benzene rings is 1. The van der Waals surface area contributed by atoms with Gasteiger partial charge in [0.2, 0.25) is 0 Å². The number of hydrogen-bond donors (Lipinski definition) is 4. The van der Waals surface area contributed by atoms with Crippen LogP contribution in [0.2, 0.25) is 0 Å². The zero-order valence-electron chi connectivity index (χ0n) is 22.1. The zero-order chi connectivity index (χ0) is 27.7. The van der Waals surface area contributed by atoms with E-state index in [4.69, 9.17) is 15.6 Å². The lowest BCUT2D eigenvalue weighted by atomic mass is 9.72. The number of pyridine rings is 1. The summed E-state index contributed by atoms with van der Waals surface area (Å²) in [7, 11) is 1.69. The number of nitrogens with zero attached hydrogens (tertiary/aromatic N) is 3. The maximum atomic E-state index is 14.0. The van der Waals surface area contributed by atoms with E-state index in [0.29, 0.717) is 41.2 Å². The third-order valence-electron chi connectivity index (χ3n) is 8.00. The van der Waals surface area contributed by atoms with Gasteiger partial charge >= 0.3 is 6.18 Å². The number of rotatable bonds is 8. The Labute approximate surface area is 225 Å². The lowest BCUT2D eigenvalue weighted by Crippen LogP contribution is -2.36. The molecule has 4 N–H and O–H groups in total. The molecule has 2 aromatic heterocycles. The summed E-state index contributed by atoms with van der Waals surface area (Å²) in [4.78, 5) is 5.54. The second-order valence-electron chi connectivity index (χ2n) is 10.6. The van der Waals surface area contributed by atoms with Gasteiger partial charge in [0, 0.05) is 49.2 Å². The van der Waals surface area contributed by atoms with E-state index in [1.54, 1.807) is 7.05 Å². The number of H-pyrrole nitrogens is 1. The molecule has 2 aliphatic rings. The van der Waals surface area contributed by atoms with Gasteiger partial charge in [-0.3, -0.25) is 15.9 Å². The number of hydrogen-bond acceptors (Lipinski definition) is 6. The van der Waals surface area contributed by atoms with Crippen LogP contribution in [0, 0.1) is 16.7 Å². The van der Waals surface area contributed by atoms with Gasteiger partial charge in [-0.15, -0.1) is 0 Å². The van der Waals surface area contributed by atoms with Gasteiger partial charge in [0.05, 0.1) is 17.5 Å². The highest BCUT2D eigenvalue weighted by atomic mass is 19.4. The Morgan fingerprint density at radius 2 is 1.95 bits per heavy atom. The molecule has 2 fully saturated rings. The van der Waals surface area contributed by atoms with Gasteiger partial charge in [-0.2, -0.15) is 18.3 Å². The molecule has 2 atom stereocenters. The van der Waals surface area contributed by atoms with Crippen LogP contribution in [0.25, 0.3) is 22.2 Å². The Morgan fingerprint density at radius 1 is 1.21 bits per heavy atom. The molecule has 0 amide bonds. The van der Waals surface area contributed by atoms with Crippen LogP contribution in [-0.4, -0.2) is 58.6 Å². The van der Waals surface area contributed by atoms with Crippen LogP contribution < -0.4 is 5.32 Å². The van der Waals surface area contributed by atoms with Gasteiger partial charge in [-0.25, -0.2) is 4.98 Å². The first kappa shape index (κ1) is 27.3. The molecule has 1 saturated carbocycles. The molecule has 0 radical (unpaired) electrons. The largest absolute Gasteiger partial charge is 0.433 e. The van der Waals surface area contributed by atoms with Gasteiger partial charge < -0.3 is 15.0 Å². The molecule has 39 heavy (non-hydrogen) atoms. The maximum absolute atomic E-state index is 14.0. The average molecular weight is 542 g/mol. The molecule has 11 heteroatoms. The van der Waals surface area contributed by atoms with Crippen LogP contribution >= 0.6 is 0 Å². The molecular formula is C28H34F3N7O. The first-order chi connectivity index (χ1) is 18.7. The predicted molar refractivity (Wildman–Crippen MR) is 144 cm³/mol. The number of aromatic amines is 1. The summed E-state index contributed by atoms with van der Waals surface area (Å²) in [5.74, 6) is 0.413. The highest BCUT2D eigenvalue weighted by Crippen LogP contribution is 2.42. The summed E-state index contributed by atoms with van der Waals surface area (Å²) < 4.78 is 47.4. The van der Waals surface area contributed by atoms with E-state index in [1.807, 2.05) is 31.2 Å². The Hall–Kier alpha value is -3.31. The summed E-state index contributed by atoms with van der Waals surface area (Å²) >= 11 is 0. The summed E-state index contributed by atoms with van der Waals surface area (Å²) in [6.45, 7) is 3.07. The maximum Gasteiger partial charge on any atom is 0.433 e. The number of ether oxygens (including phenoxy) is 1. The van der Waals surface area contributed by atoms with Crippen LogP contribution in [0.3, 0.4) is 0 Å². The molecule has 3 aromatic rings. The topological polar surface area (TPSA) is 114 Å². The van der Waals surface area contributed by atoms with E-state index in [9.17, 15) is 13.2 Å². The fourth-order valence-electron chi connectivity index (χ4n) is 5.61. The van der Waals surface area contributed by atoms with Crippen molar-refractivity contribution in [3.05, 3.63) is 47.3 Å². The zero-order valence-corrected chi connectivity index (χ0v) is 22.1. The van der Waals surface area contributed by atoms with Gasteiger partial charge in [-0.1, -0.05) is 24.6 Å². The number of nitrogens with one attached hydrogen (secondary N) is 4. The van der Waals surface area contributed by atoms with Crippen LogP contribution in [0.15, 0.2) is 30.3 Å². The van der Waals surface area contributed by atoms with Crippen LogP contribution in [0.1, 0.15) is 67.9 Å². The van der Waals surface area contributed by atoms with Crippen molar-refractivity contribution in [2.75, 3.05) is 20.3 Å². The van der Waals surface area contributed by atoms with Gasteiger partial charge in [0.1, 0.15) is 17.2 Å². The minimum absolute atomic E-state index is 0.136. The molecule has 1 aliphatic heterocycles. The molecular weight excluding hydrogens is 507 g/mol. The van der Waals surface area contributed by atoms with E-state index in [2.05, 4.69) is 20.5 Å². The van der Waals surface area contributed by atoms with Crippen molar-refractivity contribution in [3.8, 4) is 11.3 Å². The van der Waals surface area contributed by atoms with Crippen molar-refractivity contribution < 1.29 is 17.9 Å². The molecule has 1 saturated heterocycles. The lowest BCUT2D eigenvalue weighted by Gasteiger charge is -2.36. The highest BCUT2D eigenvalue weighted by Gasteiger charge is 2.36. The first-order valence-electron chi connectivity index (χ1n) is 13.4. The van der Waals surface area contributed by atoms with Gasteiger partial charge in [-0.05, 0) is 56.2 Å². The lowest BCUT2D eigenvalue weighted by molar-refractivity contribution is -0.141. The van der Waals surface area contributed by atoms with Crippen LogP contribution in [0.5, 0.6) is 0 Å². The van der Waals surface area contributed by atoms with E-state index in [-0.39, 0.29) is 23.6 Å². The van der Waals surface area contributed by atoms with E-state index < -0.39 is 17.9 Å². The number of likely N-dealkylation sites (N-methyl/N-ethyl adjacent to an activating group) is 1. The Kier molecular flexibility index (Phi) is 7.73. The monoisotopic (exact) mass is 541 g/mol. The molecule has 1 aromatic carbocycles. The molecule has 0 spiro atoms. The Morgan fingerprint density at radius 3 is 2.59 bits per heavy atom. The normalized spacial score (nSPS) is 18.5. The van der Waals surface area contributed by atoms with Crippen molar-refractivity contribution in [2.45, 2.75) is 63.2 Å². The molecule has 0 unspecified atom stereocenters. The Balaban J connectivity index is 1.56. The van der Waals surface area contributed by atoms with Crippen molar-refractivity contribution in [1.82, 2.24) is 25.4 Å². The molecule has 5 rings (SSSR count). The smallest absolute Gasteiger partial charge is 0.381 e. The average Bonchev–Trinajstić information content (AvgIpc) is 3.33. The molecule has 1 aliphatic carbocycles. The SMILES string of the molecule is C[C@@H](NC1CCOCC1)c1nc(C(F)(F)F)cc2c(-c3cccc([C@H](C(=N)N(C)C=N)C4CCC4)c3)n[nH]c12. The molecule has 208 valence electrons.